The minimum atomic E-state index is 0.749. The lowest BCUT2D eigenvalue weighted by Crippen LogP contribution is -2.16. The number of benzene rings is 1. The van der Waals surface area contributed by atoms with Crippen molar-refractivity contribution < 1.29 is 4.74 Å². The average molecular weight is 220 g/mol. The summed E-state index contributed by atoms with van der Waals surface area (Å²) in [6.45, 7) is 3.81. The van der Waals surface area contributed by atoms with Crippen LogP contribution in [0.1, 0.15) is 11.1 Å². The second-order valence-electron chi connectivity index (χ2n) is 4.15. The molecule has 0 saturated carbocycles. The van der Waals surface area contributed by atoms with Gasteiger partial charge in [-0.15, -0.1) is 0 Å². The Kier molecular flexibility index (Phi) is 4.19. The fourth-order valence-corrected chi connectivity index (χ4v) is 2.08. The van der Waals surface area contributed by atoms with E-state index in [4.69, 9.17) is 4.74 Å². The Bertz CT molecular complexity index is 339. The molecule has 0 spiro atoms. The third kappa shape index (κ3) is 2.97. The summed E-state index contributed by atoms with van der Waals surface area (Å²) in [6.07, 6.45) is 2.28. The second kappa shape index (κ2) is 5.87. The van der Waals surface area contributed by atoms with Gasteiger partial charge in [-0.3, -0.25) is 0 Å². The van der Waals surface area contributed by atoms with Gasteiger partial charge < -0.3 is 15.4 Å². The van der Waals surface area contributed by atoms with E-state index < -0.39 is 0 Å². The van der Waals surface area contributed by atoms with E-state index in [1.54, 1.807) is 7.11 Å². The van der Waals surface area contributed by atoms with E-state index in [2.05, 4.69) is 28.8 Å². The van der Waals surface area contributed by atoms with Crippen molar-refractivity contribution in [2.24, 2.45) is 0 Å². The van der Waals surface area contributed by atoms with Crippen LogP contribution >= 0.6 is 0 Å². The molecule has 0 atom stereocenters. The highest BCUT2D eigenvalue weighted by Crippen LogP contribution is 2.18. The van der Waals surface area contributed by atoms with Crippen LogP contribution in [0.4, 0.5) is 5.69 Å². The third-order valence-corrected chi connectivity index (χ3v) is 2.98. The molecule has 1 aromatic rings. The maximum Gasteiger partial charge on any atom is 0.0635 e. The zero-order valence-electron chi connectivity index (χ0n) is 9.88. The molecule has 16 heavy (non-hydrogen) atoms. The van der Waals surface area contributed by atoms with Gasteiger partial charge >= 0.3 is 0 Å². The van der Waals surface area contributed by atoms with Crippen molar-refractivity contribution in [2.75, 3.05) is 38.7 Å². The van der Waals surface area contributed by atoms with E-state index in [1.807, 2.05) is 0 Å². The molecule has 1 aliphatic rings. The Labute approximate surface area is 97.2 Å². The van der Waals surface area contributed by atoms with Crippen molar-refractivity contribution >= 4 is 5.69 Å². The summed E-state index contributed by atoms with van der Waals surface area (Å²) in [6, 6.07) is 6.69. The maximum atomic E-state index is 5.02. The molecule has 2 rings (SSSR count). The van der Waals surface area contributed by atoms with Crippen LogP contribution in [-0.4, -0.2) is 33.4 Å². The van der Waals surface area contributed by atoms with Gasteiger partial charge in [-0.25, -0.2) is 0 Å². The molecule has 0 aromatic heterocycles. The van der Waals surface area contributed by atoms with Crippen LogP contribution in [0.15, 0.2) is 18.2 Å². The highest BCUT2D eigenvalue weighted by Gasteiger charge is 2.07. The highest BCUT2D eigenvalue weighted by molar-refractivity contribution is 5.49. The Hall–Kier alpha value is -1.06. The van der Waals surface area contributed by atoms with Gasteiger partial charge in [0.15, 0.2) is 0 Å². The van der Waals surface area contributed by atoms with Gasteiger partial charge in [0.05, 0.1) is 6.61 Å². The molecule has 0 radical (unpaired) electrons. The predicted octanol–water partition coefficient (Wildman–Crippen LogP) is 1.43. The average Bonchev–Trinajstić information content (AvgIpc) is 2.54. The lowest BCUT2D eigenvalue weighted by atomic mass is 10.0. The number of anilines is 1. The summed E-state index contributed by atoms with van der Waals surface area (Å²) < 4.78 is 5.02. The van der Waals surface area contributed by atoms with Crippen LogP contribution in [0.25, 0.3) is 0 Å². The topological polar surface area (TPSA) is 33.3 Å². The highest BCUT2D eigenvalue weighted by atomic mass is 16.5. The first-order valence-electron chi connectivity index (χ1n) is 5.95. The minimum absolute atomic E-state index is 0.749. The molecular weight excluding hydrogens is 200 g/mol. The third-order valence-electron chi connectivity index (χ3n) is 2.98. The summed E-state index contributed by atoms with van der Waals surface area (Å²) >= 11 is 0. The van der Waals surface area contributed by atoms with Crippen LogP contribution in [0, 0.1) is 0 Å². The molecule has 0 amide bonds. The van der Waals surface area contributed by atoms with E-state index >= 15 is 0 Å². The molecule has 2 N–H and O–H groups in total. The fourth-order valence-electron chi connectivity index (χ4n) is 2.08. The molecule has 0 bridgehead atoms. The van der Waals surface area contributed by atoms with Crippen LogP contribution < -0.4 is 10.6 Å². The van der Waals surface area contributed by atoms with E-state index in [-0.39, 0.29) is 0 Å². The number of hydrogen-bond acceptors (Lipinski definition) is 3. The zero-order valence-corrected chi connectivity index (χ0v) is 9.88. The number of methoxy groups -OCH3 is 1. The quantitative estimate of drug-likeness (QED) is 0.753. The fraction of sp³-hybridized carbons (Fsp3) is 0.538. The summed E-state index contributed by atoms with van der Waals surface area (Å²) in [5, 5.41) is 6.80. The molecule has 88 valence electrons. The van der Waals surface area contributed by atoms with Crippen molar-refractivity contribution in [3.05, 3.63) is 29.3 Å². The lowest BCUT2D eigenvalue weighted by molar-refractivity contribution is 0.211. The summed E-state index contributed by atoms with van der Waals surface area (Å²) in [4.78, 5) is 0. The second-order valence-corrected chi connectivity index (χ2v) is 4.15. The minimum Gasteiger partial charge on any atom is -0.383 e. The normalized spacial score (nSPS) is 15.3. The van der Waals surface area contributed by atoms with Gasteiger partial charge in [-0.2, -0.15) is 0 Å². The molecule has 1 aromatic carbocycles. The molecular formula is C13H20N2O. The Balaban J connectivity index is 2.02. The monoisotopic (exact) mass is 220 g/mol. The van der Waals surface area contributed by atoms with Gasteiger partial charge in [-0.1, -0.05) is 6.07 Å². The Morgan fingerprint density at radius 2 is 2.06 bits per heavy atom. The molecule has 1 heterocycles. The van der Waals surface area contributed by atoms with Crippen LogP contribution in [0.5, 0.6) is 0 Å². The van der Waals surface area contributed by atoms with E-state index in [1.165, 1.54) is 16.8 Å². The van der Waals surface area contributed by atoms with Gasteiger partial charge in [0.1, 0.15) is 0 Å². The number of rotatable bonds is 4. The first kappa shape index (κ1) is 11.4. The van der Waals surface area contributed by atoms with Gasteiger partial charge in [-0.05, 0) is 49.2 Å². The largest absolute Gasteiger partial charge is 0.383 e. The first-order valence-corrected chi connectivity index (χ1v) is 5.95. The van der Waals surface area contributed by atoms with Crippen LogP contribution in [-0.2, 0) is 17.6 Å². The number of fused-ring (bicyclic) bond motifs is 1. The van der Waals surface area contributed by atoms with E-state index in [0.717, 1.165) is 39.1 Å². The van der Waals surface area contributed by atoms with Crippen molar-refractivity contribution in [1.82, 2.24) is 5.32 Å². The van der Waals surface area contributed by atoms with Gasteiger partial charge in [0, 0.05) is 19.3 Å². The van der Waals surface area contributed by atoms with Crippen molar-refractivity contribution in [3.63, 3.8) is 0 Å². The molecule has 0 aliphatic carbocycles. The van der Waals surface area contributed by atoms with Crippen molar-refractivity contribution in [2.45, 2.75) is 12.8 Å². The van der Waals surface area contributed by atoms with E-state index in [9.17, 15) is 0 Å². The van der Waals surface area contributed by atoms with Crippen molar-refractivity contribution in [1.29, 1.82) is 0 Å². The molecule has 3 nitrogen and oxygen atoms in total. The summed E-state index contributed by atoms with van der Waals surface area (Å²) in [7, 11) is 1.73. The van der Waals surface area contributed by atoms with Crippen molar-refractivity contribution in [3.8, 4) is 0 Å². The standard InChI is InChI=1S/C13H20N2O/c1-16-9-8-15-13-3-2-11-4-6-14-7-5-12(11)10-13/h2-3,10,14-15H,4-9H2,1H3. The van der Waals surface area contributed by atoms with Gasteiger partial charge in [0.25, 0.3) is 0 Å². The lowest BCUT2D eigenvalue weighted by Gasteiger charge is -2.10. The zero-order chi connectivity index (χ0) is 11.2. The number of nitrogens with one attached hydrogen (secondary N) is 2. The first-order chi connectivity index (χ1) is 7.90. The molecule has 0 unspecified atom stereocenters. The number of ether oxygens (including phenoxy) is 1. The molecule has 1 aliphatic heterocycles. The Morgan fingerprint density at radius 3 is 2.88 bits per heavy atom. The maximum absolute atomic E-state index is 5.02. The Morgan fingerprint density at radius 1 is 1.25 bits per heavy atom. The van der Waals surface area contributed by atoms with E-state index in [0.29, 0.717) is 0 Å². The van der Waals surface area contributed by atoms with Gasteiger partial charge in [0.2, 0.25) is 0 Å². The van der Waals surface area contributed by atoms with Crippen LogP contribution in [0.2, 0.25) is 0 Å². The number of hydrogen-bond donors (Lipinski definition) is 2. The SMILES string of the molecule is COCCNc1ccc2c(c1)CCNCC2. The molecule has 0 fully saturated rings. The predicted molar refractivity (Wildman–Crippen MR) is 67.1 cm³/mol. The molecule has 0 saturated heterocycles. The summed E-state index contributed by atoms with van der Waals surface area (Å²) in [5.41, 5.74) is 4.17. The summed E-state index contributed by atoms with van der Waals surface area (Å²) in [5.74, 6) is 0. The smallest absolute Gasteiger partial charge is 0.0635 e. The van der Waals surface area contributed by atoms with Crippen LogP contribution in [0.3, 0.4) is 0 Å². The molecule has 3 heteroatoms.